The van der Waals surface area contributed by atoms with E-state index < -0.39 is 16.0 Å². The van der Waals surface area contributed by atoms with Crippen molar-refractivity contribution in [2.75, 3.05) is 20.2 Å². The van der Waals surface area contributed by atoms with Crippen molar-refractivity contribution in [3.63, 3.8) is 0 Å². The fraction of sp³-hybridized carbons (Fsp3) is 0.417. The molecule has 1 aromatic carbocycles. The lowest BCUT2D eigenvalue weighted by Gasteiger charge is -2.19. The molecule has 7 heteroatoms. The van der Waals surface area contributed by atoms with Gasteiger partial charge in [-0.1, -0.05) is 6.92 Å². The first-order valence-corrected chi connectivity index (χ1v) is 8.26. The van der Waals surface area contributed by atoms with Gasteiger partial charge in [0.25, 0.3) is 0 Å². The second-order valence-electron chi connectivity index (χ2n) is 3.78. The topological polar surface area (TPSA) is 63.7 Å². The van der Waals surface area contributed by atoms with Gasteiger partial charge in [0.05, 0.1) is 18.4 Å². The predicted molar refractivity (Wildman–Crippen MR) is 80.2 cm³/mol. The van der Waals surface area contributed by atoms with E-state index in [4.69, 9.17) is 0 Å². The van der Waals surface area contributed by atoms with Crippen LogP contribution < -0.4 is 0 Å². The van der Waals surface area contributed by atoms with E-state index in [1.54, 1.807) is 31.2 Å². The lowest BCUT2D eigenvalue weighted by molar-refractivity contribution is -0.140. The van der Waals surface area contributed by atoms with Gasteiger partial charge >= 0.3 is 5.97 Å². The number of nitrogens with zero attached hydrogens (tertiary/aromatic N) is 1. The van der Waals surface area contributed by atoms with Gasteiger partial charge in [0.2, 0.25) is 10.0 Å². The van der Waals surface area contributed by atoms with Crippen LogP contribution >= 0.6 is 22.6 Å². The summed E-state index contributed by atoms with van der Waals surface area (Å²) in [4.78, 5) is 11.3. The smallest absolute Gasteiger partial charge is 0.306 e. The third-order valence-corrected chi connectivity index (χ3v) is 5.30. The molecule has 1 aromatic rings. The first kappa shape index (κ1) is 16.4. The molecule has 0 bridgehead atoms. The number of hydrogen-bond acceptors (Lipinski definition) is 4. The summed E-state index contributed by atoms with van der Waals surface area (Å²) in [6.45, 7) is 2.17. The summed E-state index contributed by atoms with van der Waals surface area (Å²) in [6, 6.07) is 6.61. The summed E-state index contributed by atoms with van der Waals surface area (Å²) >= 11 is 2.11. The highest BCUT2D eigenvalue weighted by atomic mass is 127. The lowest BCUT2D eigenvalue weighted by Crippen LogP contribution is -2.33. The Kier molecular flexibility index (Phi) is 6.21. The first-order chi connectivity index (χ1) is 8.91. The van der Waals surface area contributed by atoms with Gasteiger partial charge in [0.15, 0.2) is 0 Å². The van der Waals surface area contributed by atoms with Crippen LogP contribution in [0.1, 0.15) is 13.3 Å². The quantitative estimate of drug-likeness (QED) is 0.543. The Bertz CT molecular complexity index is 527. The minimum atomic E-state index is -3.55. The number of ether oxygens (including phenoxy) is 1. The molecule has 0 amide bonds. The highest BCUT2D eigenvalue weighted by Gasteiger charge is 2.23. The number of hydrogen-bond donors (Lipinski definition) is 0. The number of carbonyl (C=O) groups excluding carboxylic acids is 1. The molecular weight excluding hydrogens is 381 g/mol. The summed E-state index contributed by atoms with van der Waals surface area (Å²) in [5.74, 6) is -0.420. The zero-order valence-electron chi connectivity index (χ0n) is 10.8. The molecule has 0 N–H and O–H groups in total. The third-order valence-electron chi connectivity index (χ3n) is 2.60. The van der Waals surface area contributed by atoms with Crippen LogP contribution in [-0.4, -0.2) is 38.9 Å². The molecule has 0 aliphatic carbocycles. The molecule has 0 aromatic heterocycles. The molecule has 0 aliphatic rings. The number of esters is 1. The molecule has 5 nitrogen and oxygen atoms in total. The SMILES string of the molecule is CCN(CCC(=O)OC)S(=O)(=O)c1ccc(I)cc1. The Morgan fingerprint density at radius 3 is 2.37 bits per heavy atom. The summed E-state index contributed by atoms with van der Waals surface area (Å²) in [5, 5.41) is 0. The molecule has 0 atom stereocenters. The standard InChI is InChI=1S/C12H16INO4S/c1-3-14(9-8-12(15)18-2)19(16,17)11-6-4-10(13)5-7-11/h4-7H,3,8-9H2,1-2H3. The largest absolute Gasteiger partial charge is 0.469 e. The van der Waals surface area contributed by atoms with Crippen LogP contribution in [0.25, 0.3) is 0 Å². The van der Waals surface area contributed by atoms with Gasteiger partial charge in [0, 0.05) is 16.7 Å². The van der Waals surface area contributed by atoms with Crippen molar-refractivity contribution in [3.8, 4) is 0 Å². The van der Waals surface area contributed by atoms with Gasteiger partial charge in [-0.25, -0.2) is 8.42 Å². The molecule has 0 unspecified atom stereocenters. The normalized spacial score (nSPS) is 11.6. The van der Waals surface area contributed by atoms with E-state index in [1.165, 1.54) is 11.4 Å². The molecule has 106 valence electrons. The second-order valence-corrected chi connectivity index (χ2v) is 6.96. The zero-order valence-corrected chi connectivity index (χ0v) is 13.8. The lowest BCUT2D eigenvalue weighted by atomic mass is 10.4. The van der Waals surface area contributed by atoms with Crippen LogP contribution in [0.4, 0.5) is 0 Å². The Hall–Kier alpha value is -0.670. The van der Waals surface area contributed by atoms with E-state index in [0.29, 0.717) is 6.54 Å². The molecule has 0 saturated heterocycles. The summed E-state index contributed by atoms with van der Waals surface area (Å²) in [5.41, 5.74) is 0. The molecular formula is C12H16INO4S. The number of sulfonamides is 1. The van der Waals surface area contributed by atoms with E-state index >= 15 is 0 Å². The highest BCUT2D eigenvalue weighted by molar-refractivity contribution is 14.1. The number of carbonyl (C=O) groups is 1. The van der Waals surface area contributed by atoms with Crippen molar-refractivity contribution in [1.29, 1.82) is 0 Å². The Labute approximate surface area is 127 Å². The third kappa shape index (κ3) is 4.43. The highest BCUT2D eigenvalue weighted by Crippen LogP contribution is 2.17. The molecule has 0 aliphatic heterocycles. The minimum absolute atomic E-state index is 0.0495. The maximum Gasteiger partial charge on any atom is 0.306 e. The second kappa shape index (κ2) is 7.20. The van der Waals surface area contributed by atoms with Crippen molar-refractivity contribution in [2.45, 2.75) is 18.2 Å². The van der Waals surface area contributed by atoms with Crippen molar-refractivity contribution < 1.29 is 17.9 Å². The fourth-order valence-corrected chi connectivity index (χ4v) is 3.33. The summed E-state index contributed by atoms with van der Waals surface area (Å²) < 4.78 is 31.4. The number of methoxy groups -OCH3 is 1. The van der Waals surface area contributed by atoms with E-state index in [-0.39, 0.29) is 17.9 Å². The molecule has 0 heterocycles. The van der Waals surface area contributed by atoms with Crippen molar-refractivity contribution in [2.24, 2.45) is 0 Å². The van der Waals surface area contributed by atoms with Crippen LogP contribution in [0.3, 0.4) is 0 Å². The maximum absolute atomic E-state index is 12.3. The predicted octanol–water partition coefficient (Wildman–Crippen LogP) is 1.86. The van der Waals surface area contributed by atoms with E-state index in [9.17, 15) is 13.2 Å². The maximum atomic E-state index is 12.3. The zero-order chi connectivity index (χ0) is 14.5. The van der Waals surface area contributed by atoms with Crippen LogP contribution in [0.2, 0.25) is 0 Å². The van der Waals surface area contributed by atoms with E-state index in [1.807, 2.05) is 0 Å². The van der Waals surface area contributed by atoms with Crippen LogP contribution in [0, 0.1) is 3.57 Å². The Morgan fingerprint density at radius 1 is 1.32 bits per heavy atom. The molecule has 0 fully saturated rings. The van der Waals surface area contributed by atoms with E-state index in [0.717, 1.165) is 3.57 Å². The first-order valence-electron chi connectivity index (χ1n) is 5.74. The summed E-state index contributed by atoms with van der Waals surface area (Å²) in [7, 11) is -2.27. The van der Waals surface area contributed by atoms with Gasteiger partial charge in [-0.3, -0.25) is 4.79 Å². The van der Waals surface area contributed by atoms with Gasteiger partial charge < -0.3 is 4.74 Å². The minimum Gasteiger partial charge on any atom is -0.469 e. The van der Waals surface area contributed by atoms with Crippen molar-refractivity contribution in [1.82, 2.24) is 4.31 Å². The van der Waals surface area contributed by atoms with Crippen molar-refractivity contribution in [3.05, 3.63) is 27.8 Å². The van der Waals surface area contributed by atoms with Crippen LogP contribution in [0.15, 0.2) is 29.2 Å². The average molecular weight is 397 g/mol. The summed E-state index contributed by atoms with van der Waals surface area (Å²) in [6.07, 6.45) is 0.0495. The number of benzene rings is 1. The monoisotopic (exact) mass is 397 g/mol. The van der Waals surface area contributed by atoms with Gasteiger partial charge in [0.1, 0.15) is 0 Å². The average Bonchev–Trinajstić information content (AvgIpc) is 2.39. The Morgan fingerprint density at radius 2 is 1.89 bits per heavy atom. The molecule has 1 rings (SSSR count). The molecule has 19 heavy (non-hydrogen) atoms. The number of halogens is 1. The molecule has 0 saturated carbocycles. The molecule has 0 radical (unpaired) electrons. The number of rotatable bonds is 6. The fourth-order valence-electron chi connectivity index (χ4n) is 1.52. The van der Waals surface area contributed by atoms with Crippen LogP contribution in [-0.2, 0) is 19.6 Å². The van der Waals surface area contributed by atoms with Crippen LogP contribution in [0.5, 0.6) is 0 Å². The van der Waals surface area contributed by atoms with Gasteiger partial charge in [-0.05, 0) is 46.9 Å². The molecule has 0 spiro atoms. The van der Waals surface area contributed by atoms with Gasteiger partial charge in [-0.2, -0.15) is 4.31 Å². The van der Waals surface area contributed by atoms with E-state index in [2.05, 4.69) is 27.3 Å². The van der Waals surface area contributed by atoms with Gasteiger partial charge in [-0.15, -0.1) is 0 Å². The van der Waals surface area contributed by atoms with Crippen molar-refractivity contribution >= 4 is 38.6 Å². The Balaban J connectivity index is 2.89.